The molecule has 3 heteroatoms. The van der Waals surface area contributed by atoms with Gasteiger partial charge in [0.25, 0.3) is 0 Å². The van der Waals surface area contributed by atoms with Crippen molar-refractivity contribution < 1.29 is 0 Å². The smallest absolute Gasteiger partial charge is 0.00142 e. The lowest BCUT2D eigenvalue weighted by Crippen LogP contribution is -2.19. The molecule has 0 rings (SSSR count). The molecule has 8 heavy (non-hydrogen) atoms. The summed E-state index contributed by atoms with van der Waals surface area (Å²) in [6.07, 6.45) is 2.22. The number of nitrogens with two attached hydrogens (primary N) is 1. The van der Waals surface area contributed by atoms with E-state index in [9.17, 15) is 0 Å². The molecule has 0 aliphatic carbocycles. The van der Waals surface area contributed by atoms with Crippen molar-refractivity contribution in [2.45, 2.75) is 6.42 Å². The molecule has 0 aromatic heterocycles. The molecule has 0 fully saturated rings. The molecule has 0 saturated heterocycles. The van der Waals surface area contributed by atoms with Crippen LogP contribution in [-0.2, 0) is 0 Å². The van der Waals surface area contributed by atoms with Gasteiger partial charge in [-0.3, -0.25) is 0 Å². The van der Waals surface area contributed by atoms with Crippen molar-refractivity contribution >= 4 is 9.24 Å². The minimum absolute atomic E-state index is 0.795. The van der Waals surface area contributed by atoms with Crippen LogP contribution in [-0.4, -0.2) is 25.8 Å². The van der Waals surface area contributed by atoms with Gasteiger partial charge >= 0.3 is 0 Å². The lowest BCUT2D eigenvalue weighted by atomic mass is 10.4. The molecule has 0 aliphatic heterocycles. The zero-order valence-electron chi connectivity index (χ0n) is 5.19. The molecule has 0 heterocycles. The van der Waals surface area contributed by atoms with E-state index in [4.69, 9.17) is 5.73 Å². The second-order valence-electron chi connectivity index (χ2n) is 1.68. The van der Waals surface area contributed by atoms with Crippen LogP contribution in [0.3, 0.4) is 0 Å². The second kappa shape index (κ2) is 7.35. The van der Waals surface area contributed by atoms with Gasteiger partial charge in [0.15, 0.2) is 0 Å². The summed E-state index contributed by atoms with van der Waals surface area (Å²) in [5, 5.41) is 3.24. The average molecular weight is 134 g/mol. The van der Waals surface area contributed by atoms with E-state index in [1.54, 1.807) is 0 Å². The monoisotopic (exact) mass is 134 g/mol. The highest BCUT2D eigenvalue weighted by atomic mass is 31.0. The fraction of sp³-hybridized carbons (Fsp3) is 1.00. The van der Waals surface area contributed by atoms with Crippen molar-refractivity contribution in [3.63, 3.8) is 0 Å². The van der Waals surface area contributed by atoms with Gasteiger partial charge in [0.1, 0.15) is 0 Å². The Morgan fingerprint density at radius 3 is 2.62 bits per heavy atom. The first-order chi connectivity index (χ1) is 3.91. The van der Waals surface area contributed by atoms with Crippen LogP contribution in [0.15, 0.2) is 0 Å². The van der Waals surface area contributed by atoms with Gasteiger partial charge in [-0.15, -0.1) is 9.24 Å². The van der Waals surface area contributed by atoms with Gasteiger partial charge in [0.2, 0.25) is 0 Å². The molecule has 0 aliphatic rings. The quantitative estimate of drug-likeness (QED) is 0.403. The van der Waals surface area contributed by atoms with Crippen LogP contribution in [0.1, 0.15) is 6.42 Å². The molecule has 0 saturated carbocycles. The molecular formula is C5H15N2P. The standard InChI is InChI=1S/C5H15N2P/c6-2-1-3-7-4-5-8/h7H,1-6,8H2. The summed E-state index contributed by atoms with van der Waals surface area (Å²) in [6, 6.07) is 0. The van der Waals surface area contributed by atoms with Crippen LogP contribution in [0.2, 0.25) is 0 Å². The maximum absolute atomic E-state index is 5.27. The fourth-order valence-electron chi connectivity index (χ4n) is 0.454. The number of nitrogens with one attached hydrogen (secondary N) is 1. The fourth-order valence-corrected chi connectivity index (χ4v) is 0.658. The molecule has 1 atom stereocenters. The van der Waals surface area contributed by atoms with Crippen LogP contribution < -0.4 is 11.1 Å². The SMILES string of the molecule is NCCCNCCP. The molecule has 0 aromatic rings. The van der Waals surface area contributed by atoms with E-state index in [1.807, 2.05) is 0 Å². The molecule has 0 spiro atoms. The summed E-state index contributed by atoms with van der Waals surface area (Å²) < 4.78 is 0. The lowest BCUT2D eigenvalue weighted by Gasteiger charge is -1.98. The molecule has 2 nitrogen and oxygen atoms in total. The van der Waals surface area contributed by atoms with Crippen LogP contribution >= 0.6 is 9.24 Å². The average Bonchev–Trinajstić information content (AvgIpc) is 1.81. The minimum atomic E-state index is 0.795. The summed E-state index contributed by atoms with van der Waals surface area (Å²) in [5.74, 6) is 0. The Morgan fingerprint density at radius 2 is 2.12 bits per heavy atom. The lowest BCUT2D eigenvalue weighted by molar-refractivity contribution is 0.683. The highest BCUT2D eigenvalue weighted by Gasteiger charge is 1.80. The van der Waals surface area contributed by atoms with Gasteiger partial charge in [-0.2, -0.15) is 0 Å². The van der Waals surface area contributed by atoms with E-state index < -0.39 is 0 Å². The van der Waals surface area contributed by atoms with E-state index in [1.165, 1.54) is 0 Å². The highest BCUT2D eigenvalue weighted by Crippen LogP contribution is 1.75. The normalized spacial score (nSPS) is 9.75. The summed E-state index contributed by atoms with van der Waals surface area (Å²) in [7, 11) is 2.67. The van der Waals surface area contributed by atoms with Crippen molar-refractivity contribution in [2.24, 2.45) is 5.73 Å². The third kappa shape index (κ3) is 6.35. The second-order valence-corrected chi connectivity index (χ2v) is 2.26. The first kappa shape index (κ1) is 8.35. The zero-order valence-corrected chi connectivity index (χ0v) is 6.34. The maximum atomic E-state index is 5.27. The van der Waals surface area contributed by atoms with Gasteiger partial charge in [0.05, 0.1) is 0 Å². The van der Waals surface area contributed by atoms with E-state index in [0.717, 1.165) is 32.2 Å². The predicted octanol–water partition coefficient (Wildman–Crippen LogP) is -0.200. The zero-order chi connectivity index (χ0) is 6.24. The molecule has 50 valence electrons. The van der Waals surface area contributed by atoms with E-state index in [0.29, 0.717) is 0 Å². The van der Waals surface area contributed by atoms with Crippen LogP contribution in [0.5, 0.6) is 0 Å². The Hall–Kier alpha value is 0.350. The Balaban J connectivity index is 2.53. The van der Waals surface area contributed by atoms with E-state index in [-0.39, 0.29) is 0 Å². The third-order valence-electron chi connectivity index (χ3n) is 0.879. The molecule has 1 unspecified atom stereocenters. The number of hydrogen-bond acceptors (Lipinski definition) is 2. The highest BCUT2D eigenvalue weighted by molar-refractivity contribution is 7.16. The van der Waals surface area contributed by atoms with Crippen molar-refractivity contribution in [1.82, 2.24) is 5.32 Å². The summed E-state index contributed by atoms with van der Waals surface area (Å²) in [6.45, 7) is 2.94. The van der Waals surface area contributed by atoms with Crippen LogP contribution in [0, 0.1) is 0 Å². The third-order valence-corrected chi connectivity index (χ3v) is 1.17. The van der Waals surface area contributed by atoms with E-state index in [2.05, 4.69) is 14.6 Å². The van der Waals surface area contributed by atoms with Crippen molar-refractivity contribution in [3.8, 4) is 0 Å². The summed E-state index contributed by atoms with van der Waals surface area (Å²) in [4.78, 5) is 0. The maximum Gasteiger partial charge on any atom is -0.00142 e. The summed E-state index contributed by atoms with van der Waals surface area (Å²) >= 11 is 0. The van der Waals surface area contributed by atoms with Gasteiger partial charge in [-0.05, 0) is 32.2 Å². The van der Waals surface area contributed by atoms with Crippen LogP contribution in [0.25, 0.3) is 0 Å². The Bertz CT molecular complexity index is 35.4. The topological polar surface area (TPSA) is 38.0 Å². The molecule has 0 aromatic carbocycles. The van der Waals surface area contributed by atoms with Gasteiger partial charge in [-0.1, -0.05) is 0 Å². The van der Waals surface area contributed by atoms with E-state index >= 15 is 0 Å². The molecule has 0 bridgehead atoms. The molecule has 0 amide bonds. The Morgan fingerprint density at radius 1 is 1.38 bits per heavy atom. The predicted molar refractivity (Wildman–Crippen MR) is 41.1 cm³/mol. The molecule has 0 radical (unpaired) electrons. The Labute approximate surface area is 53.4 Å². The first-order valence-corrected chi connectivity index (χ1v) is 3.84. The summed E-state index contributed by atoms with van der Waals surface area (Å²) in [5.41, 5.74) is 5.27. The molecular weight excluding hydrogens is 119 g/mol. The largest absolute Gasteiger partial charge is 0.330 e. The molecule has 3 N–H and O–H groups in total. The van der Waals surface area contributed by atoms with Gasteiger partial charge < -0.3 is 11.1 Å². The van der Waals surface area contributed by atoms with Gasteiger partial charge in [-0.25, -0.2) is 0 Å². The number of hydrogen-bond donors (Lipinski definition) is 2. The number of rotatable bonds is 5. The Kier molecular flexibility index (Phi) is 7.67. The minimum Gasteiger partial charge on any atom is -0.330 e. The van der Waals surface area contributed by atoms with Crippen molar-refractivity contribution in [3.05, 3.63) is 0 Å². The van der Waals surface area contributed by atoms with Crippen LogP contribution in [0.4, 0.5) is 0 Å². The van der Waals surface area contributed by atoms with Crippen molar-refractivity contribution in [1.29, 1.82) is 0 Å². The first-order valence-electron chi connectivity index (χ1n) is 3.02. The van der Waals surface area contributed by atoms with Crippen molar-refractivity contribution in [2.75, 3.05) is 25.8 Å². The van der Waals surface area contributed by atoms with Gasteiger partial charge in [0, 0.05) is 0 Å².